The third-order valence-electron chi connectivity index (χ3n) is 4.38. The van der Waals surface area contributed by atoms with Crippen LogP contribution >= 0.6 is 25.0 Å². The fraction of sp³-hybridized carbons (Fsp3) is 0.417. The Bertz CT molecular complexity index is 947. The smallest absolute Gasteiger partial charge is 0.382 e. The molecule has 2 heterocycles. The minimum Gasteiger partial charge on any atom is -0.382 e. The summed E-state index contributed by atoms with van der Waals surface area (Å²) in [5, 5.41) is 0. The van der Waals surface area contributed by atoms with E-state index in [0.717, 1.165) is 0 Å². The summed E-state index contributed by atoms with van der Waals surface area (Å²) in [7, 11) is -10.9. The third-order valence-corrected chi connectivity index (χ3v) is 7.38. The normalized spacial score (nSPS) is 25.2. The van der Waals surface area contributed by atoms with E-state index in [2.05, 4.69) is 30.2 Å². The van der Waals surface area contributed by atoms with Gasteiger partial charge in [-0.15, -0.1) is 0 Å². The second kappa shape index (κ2) is 8.91. The van der Waals surface area contributed by atoms with Crippen molar-refractivity contribution in [2.75, 3.05) is 19.0 Å². The molecular weight excluding hydrogens is 454 g/mol. The van der Waals surface area contributed by atoms with Crippen molar-refractivity contribution in [1.29, 1.82) is 0 Å². The maximum absolute atomic E-state index is 13.7. The summed E-state index contributed by atoms with van der Waals surface area (Å²) in [6.45, 7) is 2.67. The van der Waals surface area contributed by atoms with E-state index >= 15 is 0 Å². The molecule has 17 heteroatoms. The molecule has 160 valence electrons. The Labute approximate surface area is 165 Å². The Morgan fingerprint density at radius 3 is 2.72 bits per heavy atom. The molecule has 3 rings (SSSR count). The molecule has 0 saturated heterocycles. The fourth-order valence-electron chi connectivity index (χ4n) is 3.12. The van der Waals surface area contributed by atoms with Crippen LogP contribution in [0.25, 0.3) is 11.2 Å². The Balaban J connectivity index is 1.68. The van der Waals surface area contributed by atoms with E-state index in [1.54, 1.807) is 4.57 Å². The number of hydrogen-bond donors (Lipinski definition) is 5. The number of nitrogens with zero attached hydrogens (tertiary/aromatic N) is 4. The van der Waals surface area contributed by atoms with Gasteiger partial charge in [-0.05, 0) is 5.57 Å². The van der Waals surface area contributed by atoms with Crippen molar-refractivity contribution in [3.63, 3.8) is 0 Å². The highest BCUT2D eigenvalue weighted by atomic mass is 31.3. The lowest BCUT2D eigenvalue weighted by Gasteiger charge is -2.46. The molecule has 1 aliphatic rings. The number of hydrogen-bond acceptors (Lipinski definition) is 11. The van der Waals surface area contributed by atoms with Gasteiger partial charge in [0.2, 0.25) is 0 Å². The van der Waals surface area contributed by atoms with Crippen molar-refractivity contribution in [2.45, 2.75) is 6.04 Å². The molecule has 0 bridgehead atoms. The highest BCUT2D eigenvalue weighted by Crippen LogP contribution is 2.60. The van der Waals surface area contributed by atoms with Gasteiger partial charge in [-0.2, -0.15) is 0 Å². The van der Waals surface area contributed by atoms with Crippen LogP contribution in [0.5, 0.6) is 0 Å². The second-order valence-electron chi connectivity index (χ2n) is 5.95. The minimum atomic E-state index is -4.80. The number of aromatic nitrogens is 4. The van der Waals surface area contributed by atoms with E-state index in [4.69, 9.17) is 20.0 Å². The molecular formula is C12H17FN5O8P3. The molecule has 1 fully saturated rings. The number of nitrogen functional groups attached to an aromatic ring is 1. The largest absolute Gasteiger partial charge is 0.479 e. The van der Waals surface area contributed by atoms with Crippen LogP contribution in [0.1, 0.15) is 6.04 Å². The first-order chi connectivity index (χ1) is 13.6. The quantitative estimate of drug-likeness (QED) is 0.260. The second-order valence-corrected chi connectivity index (χ2v) is 9.43. The summed E-state index contributed by atoms with van der Waals surface area (Å²) in [6.07, 6.45) is 2.69. The van der Waals surface area contributed by atoms with Crippen LogP contribution in [0.4, 0.5) is 10.2 Å². The molecule has 5 atom stereocenters. The minimum absolute atomic E-state index is 0.172. The molecule has 0 aliphatic heterocycles. The van der Waals surface area contributed by atoms with E-state index in [0.29, 0.717) is 16.7 Å². The van der Waals surface area contributed by atoms with E-state index in [-0.39, 0.29) is 5.82 Å². The predicted molar refractivity (Wildman–Crippen MR) is 99.3 cm³/mol. The van der Waals surface area contributed by atoms with Gasteiger partial charge in [0.15, 0.2) is 11.5 Å². The van der Waals surface area contributed by atoms with E-state index in [9.17, 15) is 18.7 Å². The average molecular weight is 471 g/mol. The summed E-state index contributed by atoms with van der Waals surface area (Å²) < 4.78 is 40.2. The first-order valence-corrected chi connectivity index (χ1v) is 11.6. The molecule has 0 spiro atoms. The van der Waals surface area contributed by atoms with Crippen molar-refractivity contribution in [1.82, 2.24) is 19.5 Å². The molecule has 2 unspecified atom stereocenters. The lowest BCUT2D eigenvalue weighted by molar-refractivity contribution is 0.0765. The van der Waals surface area contributed by atoms with Crippen LogP contribution in [0.15, 0.2) is 24.8 Å². The molecule has 13 nitrogen and oxygen atoms in total. The lowest BCUT2D eigenvalue weighted by atomic mass is 9.66. The van der Waals surface area contributed by atoms with E-state index < -0.39 is 56.2 Å². The SMILES string of the molecule is C=C1[C@@H](n2cnc3c(N)ncnc32)[C@H](CF)[C@H]1COP(=O)(O)OP(O)OP(O)O. The first kappa shape index (κ1) is 22.5. The molecule has 0 aromatic carbocycles. The maximum Gasteiger partial charge on any atom is 0.479 e. The van der Waals surface area contributed by atoms with Crippen molar-refractivity contribution >= 4 is 42.0 Å². The Kier molecular flexibility index (Phi) is 6.91. The van der Waals surface area contributed by atoms with Gasteiger partial charge in [0.1, 0.15) is 11.8 Å². The number of alkyl halides is 1. The van der Waals surface area contributed by atoms with E-state index in [1.165, 1.54) is 12.7 Å². The van der Waals surface area contributed by atoms with Gasteiger partial charge in [0.25, 0.3) is 0 Å². The summed E-state index contributed by atoms with van der Waals surface area (Å²) in [6, 6.07) is -0.530. The predicted octanol–water partition coefficient (Wildman–Crippen LogP) is 1.30. The van der Waals surface area contributed by atoms with E-state index in [1.807, 2.05) is 0 Å². The van der Waals surface area contributed by atoms with Crippen LogP contribution in [0.3, 0.4) is 0 Å². The number of anilines is 1. The first-order valence-electron chi connectivity index (χ1n) is 7.84. The zero-order valence-electron chi connectivity index (χ0n) is 14.5. The maximum atomic E-state index is 13.7. The number of nitrogens with two attached hydrogens (primary N) is 1. The van der Waals surface area contributed by atoms with Gasteiger partial charge < -0.3 is 29.9 Å². The van der Waals surface area contributed by atoms with Gasteiger partial charge in [0.05, 0.1) is 25.7 Å². The fourth-order valence-corrected chi connectivity index (χ4v) is 5.25. The average Bonchev–Trinajstić information content (AvgIpc) is 3.03. The highest BCUT2D eigenvalue weighted by Gasteiger charge is 2.47. The van der Waals surface area contributed by atoms with Crippen LogP contribution in [-0.4, -0.2) is 52.4 Å². The molecule has 2 aromatic rings. The van der Waals surface area contributed by atoms with Gasteiger partial charge in [-0.3, -0.25) is 8.91 Å². The van der Waals surface area contributed by atoms with Crippen molar-refractivity contribution in [2.24, 2.45) is 11.8 Å². The molecule has 0 radical (unpaired) electrons. The van der Waals surface area contributed by atoms with Gasteiger partial charge >= 0.3 is 25.0 Å². The third kappa shape index (κ3) is 4.78. The molecule has 29 heavy (non-hydrogen) atoms. The van der Waals surface area contributed by atoms with Crippen LogP contribution in [-0.2, 0) is 17.7 Å². The topological polar surface area (TPSA) is 195 Å². The summed E-state index contributed by atoms with van der Waals surface area (Å²) in [5.74, 6) is -1.12. The molecule has 6 N–H and O–H groups in total. The zero-order chi connectivity index (χ0) is 21.3. The van der Waals surface area contributed by atoms with Crippen molar-refractivity contribution in [3.05, 3.63) is 24.8 Å². The van der Waals surface area contributed by atoms with Crippen molar-refractivity contribution in [3.8, 4) is 0 Å². The standard InChI is InChI=1S/C12H17FN5O8P3/c1-6-8(3-24-29(22,23)26-28(21)25-27(19)20)7(2-13)10(6)18-5-17-9-11(14)15-4-16-12(9)18/h4-5,7-8,10,19-21H,1-3H2,(H,22,23)(H2,14,15,16)/t7-,8+,10-,28?/m1/s1. The molecule has 1 aliphatic carbocycles. The van der Waals surface area contributed by atoms with Gasteiger partial charge in [-0.1, -0.05) is 6.58 Å². The number of rotatable bonds is 9. The molecule has 0 amide bonds. The molecule has 1 saturated carbocycles. The number of phosphoric acid groups is 1. The van der Waals surface area contributed by atoms with Gasteiger partial charge in [-0.25, -0.2) is 28.1 Å². The summed E-state index contributed by atoms with van der Waals surface area (Å²) in [4.78, 5) is 48.1. The zero-order valence-corrected chi connectivity index (χ0v) is 17.2. The Morgan fingerprint density at radius 2 is 2.07 bits per heavy atom. The number of imidazole rings is 1. The Hall–Kier alpha value is -1.17. The monoisotopic (exact) mass is 471 g/mol. The molecule has 2 aromatic heterocycles. The van der Waals surface area contributed by atoms with Crippen LogP contribution in [0.2, 0.25) is 0 Å². The summed E-state index contributed by atoms with van der Waals surface area (Å²) >= 11 is 0. The lowest BCUT2D eigenvalue weighted by Crippen LogP contribution is -2.44. The number of fused-ring (bicyclic) bond motifs is 1. The highest BCUT2D eigenvalue weighted by molar-refractivity contribution is 7.62. The Morgan fingerprint density at radius 1 is 1.34 bits per heavy atom. The number of halogens is 1. The van der Waals surface area contributed by atoms with Crippen LogP contribution < -0.4 is 5.73 Å². The van der Waals surface area contributed by atoms with Crippen LogP contribution in [0, 0.1) is 11.8 Å². The number of phosphoric ester groups is 1. The summed E-state index contributed by atoms with van der Waals surface area (Å²) in [5.41, 5.74) is 7.00. The van der Waals surface area contributed by atoms with Crippen molar-refractivity contribution < 1.29 is 41.7 Å². The van der Waals surface area contributed by atoms with Gasteiger partial charge in [0, 0.05) is 11.8 Å².